The van der Waals surface area contributed by atoms with Crippen LogP contribution in [-0.2, 0) is 6.61 Å². The fourth-order valence-corrected chi connectivity index (χ4v) is 2.00. The van der Waals surface area contributed by atoms with Crippen LogP contribution in [0.4, 0.5) is 5.69 Å². The molecule has 0 radical (unpaired) electrons. The van der Waals surface area contributed by atoms with Gasteiger partial charge in [0.25, 0.3) is 5.91 Å². The number of aromatic nitrogens is 1. The van der Waals surface area contributed by atoms with E-state index in [2.05, 4.69) is 10.3 Å². The first kappa shape index (κ1) is 17.0. The average molecular weight is 314 g/mol. The molecule has 1 aromatic carbocycles. The van der Waals surface area contributed by atoms with Gasteiger partial charge in [-0.15, -0.1) is 0 Å². The maximum absolute atomic E-state index is 12.4. The normalized spacial score (nSPS) is 11.8. The van der Waals surface area contributed by atoms with Crippen molar-refractivity contribution in [3.63, 3.8) is 0 Å². The zero-order valence-electron chi connectivity index (χ0n) is 13.7. The topological polar surface area (TPSA) is 71.5 Å². The number of pyridine rings is 1. The molecular formula is C18H22N2O3. The van der Waals surface area contributed by atoms with Crippen LogP contribution < -0.4 is 10.1 Å². The highest BCUT2D eigenvalue weighted by molar-refractivity contribution is 6.04. The number of aryl methyl sites for hydroxylation is 1. The van der Waals surface area contributed by atoms with Gasteiger partial charge in [0.05, 0.1) is 12.7 Å². The van der Waals surface area contributed by atoms with E-state index in [0.29, 0.717) is 17.1 Å². The van der Waals surface area contributed by atoms with Crippen molar-refractivity contribution >= 4 is 11.6 Å². The second-order valence-electron chi connectivity index (χ2n) is 5.48. The van der Waals surface area contributed by atoms with E-state index in [1.807, 2.05) is 32.9 Å². The highest BCUT2D eigenvalue weighted by Crippen LogP contribution is 2.19. The highest BCUT2D eigenvalue weighted by atomic mass is 16.5. The average Bonchev–Trinajstić information content (AvgIpc) is 2.56. The summed E-state index contributed by atoms with van der Waals surface area (Å²) in [5.74, 6) is 0.201. The molecule has 0 aliphatic heterocycles. The molecule has 5 heteroatoms. The molecule has 0 aliphatic rings. The lowest BCUT2D eigenvalue weighted by Gasteiger charge is -2.13. The van der Waals surface area contributed by atoms with E-state index >= 15 is 0 Å². The maximum atomic E-state index is 12.4. The Labute approximate surface area is 136 Å². The molecule has 1 heterocycles. The van der Waals surface area contributed by atoms with E-state index < -0.39 is 0 Å². The Bertz CT molecular complexity index is 686. The number of aliphatic hydroxyl groups excluding tert-OH is 1. The summed E-state index contributed by atoms with van der Waals surface area (Å²) in [6.07, 6.45) is 2.47. The van der Waals surface area contributed by atoms with Crippen molar-refractivity contribution in [3.05, 3.63) is 53.2 Å². The summed E-state index contributed by atoms with van der Waals surface area (Å²) in [6, 6.07) is 8.74. The highest BCUT2D eigenvalue weighted by Gasteiger charge is 2.11. The van der Waals surface area contributed by atoms with Crippen LogP contribution in [0.3, 0.4) is 0 Å². The second kappa shape index (κ2) is 7.74. The molecule has 0 fully saturated rings. The molecule has 2 rings (SSSR count). The largest absolute Gasteiger partial charge is 0.475 e. The summed E-state index contributed by atoms with van der Waals surface area (Å²) in [4.78, 5) is 16.5. The molecule has 1 unspecified atom stereocenters. The number of rotatable bonds is 6. The zero-order valence-corrected chi connectivity index (χ0v) is 13.7. The lowest BCUT2D eigenvalue weighted by molar-refractivity contribution is 0.102. The summed E-state index contributed by atoms with van der Waals surface area (Å²) >= 11 is 0. The summed E-state index contributed by atoms with van der Waals surface area (Å²) in [5.41, 5.74) is 2.84. The fraction of sp³-hybridized carbons (Fsp3) is 0.333. The predicted octanol–water partition coefficient (Wildman–Crippen LogP) is 3.31. The summed E-state index contributed by atoms with van der Waals surface area (Å²) in [6.45, 7) is 5.82. The van der Waals surface area contributed by atoms with Crippen LogP contribution in [0.1, 0.15) is 41.8 Å². The first-order chi connectivity index (χ1) is 11.0. The van der Waals surface area contributed by atoms with Gasteiger partial charge < -0.3 is 15.2 Å². The molecule has 0 saturated heterocycles. The second-order valence-corrected chi connectivity index (χ2v) is 5.48. The Morgan fingerprint density at radius 3 is 2.83 bits per heavy atom. The van der Waals surface area contributed by atoms with Crippen LogP contribution >= 0.6 is 0 Å². The van der Waals surface area contributed by atoms with E-state index in [1.54, 1.807) is 24.4 Å². The molecule has 0 aliphatic carbocycles. The van der Waals surface area contributed by atoms with Crippen LogP contribution in [-0.4, -0.2) is 22.1 Å². The summed E-state index contributed by atoms with van der Waals surface area (Å²) < 4.78 is 5.64. The molecule has 0 bridgehead atoms. The lowest BCUT2D eigenvalue weighted by Crippen LogP contribution is -2.15. The molecule has 2 N–H and O–H groups in total. The first-order valence-corrected chi connectivity index (χ1v) is 7.68. The molecule has 2 aromatic rings. The number of carbonyl (C=O) groups excluding carboxylic acids is 1. The molecule has 23 heavy (non-hydrogen) atoms. The van der Waals surface area contributed by atoms with Crippen LogP contribution in [0, 0.1) is 6.92 Å². The number of benzene rings is 1. The number of carbonyl (C=O) groups is 1. The van der Waals surface area contributed by atoms with Crippen LogP contribution in [0.15, 0.2) is 36.5 Å². The SMILES string of the molecule is CCC(C)Oc1cc(C(=O)Nc2cc(CO)ccc2C)ccn1. The third-order valence-electron chi connectivity index (χ3n) is 3.63. The number of nitrogens with one attached hydrogen (secondary N) is 1. The van der Waals surface area contributed by atoms with Crippen molar-refractivity contribution in [3.8, 4) is 5.88 Å². The monoisotopic (exact) mass is 314 g/mol. The standard InChI is InChI=1S/C18H22N2O3/c1-4-13(3)23-17-10-15(7-8-19-17)18(22)20-16-9-14(11-21)6-5-12(16)2/h5-10,13,21H,4,11H2,1-3H3,(H,20,22). The number of anilines is 1. The third kappa shape index (κ3) is 4.53. The first-order valence-electron chi connectivity index (χ1n) is 7.68. The number of nitrogens with zero attached hydrogens (tertiary/aromatic N) is 1. The van der Waals surface area contributed by atoms with Gasteiger partial charge in [-0.25, -0.2) is 4.98 Å². The van der Waals surface area contributed by atoms with Crippen molar-refractivity contribution in [1.29, 1.82) is 0 Å². The van der Waals surface area contributed by atoms with Crippen LogP contribution in [0.2, 0.25) is 0 Å². The van der Waals surface area contributed by atoms with Gasteiger partial charge in [-0.1, -0.05) is 19.1 Å². The van der Waals surface area contributed by atoms with Gasteiger partial charge in [-0.2, -0.15) is 0 Å². The minimum absolute atomic E-state index is 0.0456. The van der Waals surface area contributed by atoms with Gasteiger partial charge in [0.15, 0.2) is 0 Å². The number of hydrogen-bond donors (Lipinski definition) is 2. The minimum Gasteiger partial charge on any atom is -0.475 e. The van der Waals surface area contributed by atoms with E-state index in [0.717, 1.165) is 17.5 Å². The predicted molar refractivity (Wildman–Crippen MR) is 89.7 cm³/mol. The molecule has 0 spiro atoms. The van der Waals surface area contributed by atoms with Crippen LogP contribution in [0.5, 0.6) is 5.88 Å². The van der Waals surface area contributed by atoms with Crippen molar-refractivity contribution in [1.82, 2.24) is 4.98 Å². The van der Waals surface area contributed by atoms with E-state index in [1.165, 1.54) is 0 Å². The van der Waals surface area contributed by atoms with Gasteiger partial charge in [-0.05, 0) is 43.5 Å². The van der Waals surface area contributed by atoms with Crippen LogP contribution in [0.25, 0.3) is 0 Å². The van der Waals surface area contributed by atoms with Crippen molar-refractivity contribution in [2.75, 3.05) is 5.32 Å². The number of ether oxygens (including phenoxy) is 1. The van der Waals surface area contributed by atoms with Gasteiger partial charge in [0.1, 0.15) is 0 Å². The van der Waals surface area contributed by atoms with Crippen molar-refractivity contribution in [2.45, 2.75) is 39.9 Å². The van der Waals surface area contributed by atoms with Gasteiger partial charge in [0.2, 0.25) is 5.88 Å². The smallest absolute Gasteiger partial charge is 0.255 e. The number of hydrogen-bond acceptors (Lipinski definition) is 4. The van der Waals surface area contributed by atoms with E-state index in [-0.39, 0.29) is 18.6 Å². The quantitative estimate of drug-likeness (QED) is 0.858. The Kier molecular flexibility index (Phi) is 5.71. The van der Waals surface area contributed by atoms with E-state index in [4.69, 9.17) is 4.74 Å². The fourth-order valence-electron chi connectivity index (χ4n) is 2.00. The van der Waals surface area contributed by atoms with Crippen molar-refractivity contribution < 1.29 is 14.6 Å². The molecular weight excluding hydrogens is 292 g/mol. The Balaban J connectivity index is 2.16. The van der Waals surface area contributed by atoms with Gasteiger partial charge in [-0.3, -0.25) is 4.79 Å². The molecule has 1 amide bonds. The zero-order chi connectivity index (χ0) is 16.8. The molecule has 1 aromatic heterocycles. The molecule has 122 valence electrons. The van der Waals surface area contributed by atoms with Gasteiger partial charge >= 0.3 is 0 Å². The van der Waals surface area contributed by atoms with Crippen molar-refractivity contribution in [2.24, 2.45) is 0 Å². The molecule has 1 atom stereocenters. The summed E-state index contributed by atoms with van der Waals surface area (Å²) in [7, 11) is 0. The van der Waals surface area contributed by atoms with Gasteiger partial charge in [0, 0.05) is 23.5 Å². The maximum Gasteiger partial charge on any atom is 0.255 e. The number of aliphatic hydroxyl groups is 1. The molecule has 0 saturated carbocycles. The third-order valence-corrected chi connectivity index (χ3v) is 3.63. The Morgan fingerprint density at radius 2 is 2.13 bits per heavy atom. The Hall–Kier alpha value is -2.40. The van der Waals surface area contributed by atoms with E-state index in [9.17, 15) is 9.90 Å². The number of amides is 1. The minimum atomic E-state index is -0.236. The molecule has 5 nitrogen and oxygen atoms in total. The Morgan fingerprint density at radius 1 is 1.35 bits per heavy atom. The lowest BCUT2D eigenvalue weighted by atomic mass is 10.1. The summed E-state index contributed by atoms with van der Waals surface area (Å²) in [5, 5.41) is 12.1.